The van der Waals surface area contributed by atoms with E-state index in [0.29, 0.717) is 0 Å². The van der Waals surface area contributed by atoms with Crippen LogP contribution in [0.2, 0.25) is 0 Å². The normalized spacial score (nSPS) is 15.8. The monoisotopic (exact) mass is 272 g/mol. The van der Waals surface area contributed by atoms with E-state index in [-0.39, 0.29) is 6.10 Å². The highest BCUT2D eigenvalue weighted by atomic mass is 16.3. The molecule has 2 heterocycles. The molecule has 1 aliphatic heterocycles. The minimum absolute atomic E-state index is 0.231. The van der Waals surface area contributed by atoms with E-state index in [1.807, 2.05) is 6.92 Å². The van der Waals surface area contributed by atoms with Gasteiger partial charge < -0.3 is 15.0 Å². The maximum atomic E-state index is 9.58. The van der Waals surface area contributed by atoms with Gasteiger partial charge in [-0.15, -0.1) is 0 Å². The van der Waals surface area contributed by atoms with Crippen molar-refractivity contribution in [2.45, 2.75) is 59.4 Å². The van der Waals surface area contributed by atoms with Gasteiger partial charge in [-0.1, -0.05) is 0 Å². The fourth-order valence-corrected chi connectivity index (χ4v) is 3.42. The first-order chi connectivity index (χ1) is 9.61. The number of fused-ring (bicyclic) bond motifs is 2. The Hall–Kier alpha value is -1.32. The molecular formula is C17H24N2O. The van der Waals surface area contributed by atoms with E-state index in [2.05, 4.69) is 35.9 Å². The number of aliphatic hydroxyl groups is 1. The van der Waals surface area contributed by atoms with E-state index in [4.69, 9.17) is 0 Å². The van der Waals surface area contributed by atoms with Gasteiger partial charge in [-0.2, -0.15) is 0 Å². The second kappa shape index (κ2) is 5.23. The topological polar surface area (TPSA) is 37.2 Å². The first kappa shape index (κ1) is 13.7. The molecule has 0 aliphatic carbocycles. The van der Waals surface area contributed by atoms with Crippen LogP contribution in [-0.2, 0) is 26.1 Å². The van der Waals surface area contributed by atoms with E-state index in [1.54, 1.807) is 0 Å². The van der Waals surface area contributed by atoms with E-state index in [0.717, 1.165) is 32.5 Å². The maximum Gasteiger partial charge on any atom is 0.0515 e. The third-order valence-corrected chi connectivity index (χ3v) is 4.53. The summed E-state index contributed by atoms with van der Waals surface area (Å²) in [6.45, 7) is 9.26. The van der Waals surface area contributed by atoms with Gasteiger partial charge in [0.2, 0.25) is 0 Å². The molecule has 0 radical (unpaired) electrons. The molecule has 0 saturated heterocycles. The van der Waals surface area contributed by atoms with Gasteiger partial charge in [0.15, 0.2) is 0 Å². The van der Waals surface area contributed by atoms with Crippen LogP contribution >= 0.6 is 0 Å². The number of rotatable bonds is 4. The largest absolute Gasteiger partial charge is 0.393 e. The predicted molar refractivity (Wildman–Crippen MR) is 82.9 cm³/mol. The van der Waals surface area contributed by atoms with Crippen molar-refractivity contribution < 1.29 is 5.11 Å². The molecule has 0 saturated carbocycles. The van der Waals surface area contributed by atoms with E-state index in [9.17, 15) is 5.11 Å². The molecule has 1 unspecified atom stereocenters. The van der Waals surface area contributed by atoms with Gasteiger partial charge in [0, 0.05) is 36.2 Å². The lowest BCUT2D eigenvalue weighted by Crippen LogP contribution is -2.03. The second-order valence-corrected chi connectivity index (χ2v) is 5.94. The van der Waals surface area contributed by atoms with Crippen LogP contribution < -0.4 is 5.32 Å². The summed E-state index contributed by atoms with van der Waals surface area (Å²) in [5.74, 6) is 0. The Morgan fingerprint density at radius 1 is 1.30 bits per heavy atom. The Kier molecular flexibility index (Phi) is 3.57. The number of hydrogen-bond donors (Lipinski definition) is 2. The molecular weight excluding hydrogens is 248 g/mol. The highest BCUT2D eigenvalue weighted by Gasteiger charge is 2.18. The summed E-state index contributed by atoms with van der Waals surface area (Å²) in [6.07, 6.45) is 1.56. The smallest absolute Gasteiger partial charge is 0.0515 e. The van der Waals surface area contributed by atoms with Crippen LogP contribution in [0, 0.1) is 6.92 Å². The number of aryl methyl sites for hydroxylation is 2. The number of hydrogen-bond acceptors (Lipinski definition) is 2. The molecule has 0 fully saturated rings. The fraction of sp³-hybridized carbons (Fsp3) is 0.529. The van der Waals surface area contributed by atoms with Crippen LogP contribution in [0.15, 0.2) is 12.1 Å². The zero-order valence-electron chi connectivity index (χ0n) is 12.7. The highest BCUT2D eigenvalue weighted by molar-refractivity contribution is 5.87. The summed E-state index contributed by atoms with van der Waals surface area (Å²) < 4.78 is 2.41. The van der Waals surface area contributed by atoms with Crippen LogP contribution in [0.3, 0.4) is 0 Å². The lowest BCUT2D eigenvalue weighted by molar-refractivity contribution is 0.185. The van der Waals surface area contributed by atoms with Gasteiger partial charge >= 0.3 is 0 Å². The fourth-order valence-electron chi connectivity index (χ4n) is 3.42. The van der Waals surface area contributed by atoms with Crippen LogP contribution in [0.1, 0.15) is 42.7 Å². The molecule has 3 rings (SSSR count). The Bertz CT molecular complexity index is 640. The molecule has 2 aromatic rings. The molecule has 2 N–H and O–H groups in total. The van der Waals surface area contributed by atoms with Gasteiger partial charge in [-0.05, 0) is 62.4 Å². The Labute approximate surface area is 120 Å². The zero-order valence-corrected chi connectivity index (χ0v) is 12.7. The number of aromatic nitrogens is 1. The van der Waals surface area contributed by atoms with Gasteiger partial charge in [0.1, 0.15) is 0 Å². The summed E-state index contributed by atoms with van der Waals surface area (Å²) in [5.41, 5.74) is 7.00. The molecule has 0 spiro atoms. The van der Waals surface area contributed by atoms with Gasteiger partial charge in [0.25, 0.3) is 0 Å². The highest BCUT2D eigenvalue weighted by Crippen LogP contribution is 2.31. The Morgan fingerprint density at radius 2 is 2.00 bits per heavy atom. The standard InChI is InChI=1S/C17H24N2O/c1-4-19-12(3)15(6-5-11(2)20)16-7-13-9-18-10-14(13)8-17(16)19/h7-8,11,18,20H,4-6,9-10H2,1-3H3. The van der Waals surface area contributed by atoms with E-state index >= 15 is 0 Å². The summed E-state index contributed by atoms with van der Waals surface area (Å²) in [7, 11) is 0. The molecule has 0 amide bonds. The van der Waals surface area contributed by atoms with Crippen molar-refractivity contribution in [1.29, 1.82) is 0 Å². The van der Waals surface area contributed by atoms with Crippen molar-refractivity contribution in [3.05, 3.63) is 34.5 Å². The SMILES string of the molecule is CCn1c(C)c(CCC(C)O)c2cc3c(cc21)CNC3. The van der Waals surface area contributed by atoms with Crippen molar-refractivity contribution >= 4 is 10.9 Å². The third kappa shape index (κ3) is 2.15. The van der Waals surface area contributed by atoms with Crippen molar-refractivity contribution in [2.75, 3.05) is 0 Å². The first-order valence-electron chi connectivity index (χ1n) is 7.64. The minimum Gasteiger partial charge on any atom is -0.393 e. The van der Waals surface area contributed by atoms with Gasteiger partial charge in [-0.3, -0.25) is 0 Å². The molecule has 3 heteroatoms. The van der Waals surface area contributed by atoms with Crippen LogP contribution in [0.25, 0.3) is 10.9 Å². The molecule has 1 aliphatic rings. The summed E-state index contributed by atoms with van der Waals surface area (Å²) in [6, 6.07) is 4.72. The zero-order chi connectivity index (χ0) is 14.3. The molecule has 1 atom stereocenters. The van der Waals surface area contributed by atoms with Crippen molar-refractivity contribution in [3.8, 4) is 0 Å². The number of benzene rings is 1. The number of nitrogens with zero attached hydrogens (tertiary/aromatic N) is 1. The summed E-state index contributed by atoms with van der Waals surface area (Å²) in [5, 5.41) is 14.4. The Morgan fingerprint density at radius 3 is 2.65 bits per heavy atom. The molecule has 20 heavy (non-hydrogen) atoms. The maximum absolute atomic E-state index is 9.58. The van der Waals surface area contributed by atoms with Crippen molar-refractivity contribution in [1.82, 2.24) is 9.88 Å². The van der Waals surface area contributed by atoms with Crippen LogP contribution in [-0.4, -0.2) is 15.8 Å². The molecule has 0 bridgehead atoms. The molecule has 1 aromatic carbocycles. The Balaban J connectivity index is 2.15. The third-order valence-electron chi connectivity index (χ3n) is 4.53. The number of aliphatic hydroxyl groups excluding tert-OH is 1. The van der Waals surface area contributed by atoms with Crippen molar-refractivity contribution in [2.24, 2.45) is 0 Å². The predicted octanol–water partition coefficient (Wildman–Crippen LogP) is 2.89. The van der Waals surface area contributed by atoms with Gasteiger partial charge in [-0.25, -0.2) is 0 Å². The molecule has 108 valence electrons. The minimum atomic E-state index is -0.231. The average Bonchev–Trinajstić information content (AvgIpc) is 2.95. The molecule has 1 aromatic heterocycles. The van der Waals surface area contributed by atoms with E-state index < -0.39 is 0 Å². The molecule has 3 nitrogen and oxygen atoms in total. The number of nitrogens with one attached hydrogen (secondary N) is 1. The summed E-state index contributed by atoms with van der Waals surface area (Å²) >= 11 is 0. The van der Waals surface area contributed by atoms with Gasteiger partial charge in [0.05, 0.1) is 6.10 Å². The summed E-state index contributed by atoms with van der Waals surface area (Å²) in [4.78, 5) is 0. The van der Waals surface area contributed by atoms with Crippen LogP contribution in [0.4, 0.5) is 0 Å². The quantitative estimate of drug-likeness (QED) is 0.898. The lowest BCUT2D eigenvalue weighted by Gasteiger charge is -2.06. The second-order valence-electron chi connectivity index (χ2n) is 5.94. The van der Waals surface area contributed by atoms with Crippen molar-refractivity contribution in [3.63, 3.8) is 0 Å². The first-order valence-corrected chi connectivity index (χ1v) is 7.64. The van der Waals surface area contributed by atoms with E-state index in [1.165, 1.54) is 33.3 Å². The lowest BCUT2D eigenvalue weighted by atomic mass is 10.0. The average molecular weight is 272 g/mol. The van der Waals surface area contributed by atoms with Crippen LogP contribution in [0.5, 0.6) is 0 Å².